The Morgan fingerprint density at radius 2 is 1.60 bits per heavy atom. The van der Waals surface area contributed by atoms with Crippen molar-refractivity contribution in [2.75, 3.05) is 6.54 Å². The van der Waals surface area contributed by atoms with E-state index in [9.17, 15) is 13.6 Å². The molecule has 0 bridgehead atoms. The van der Waals surface area contributed by atoms with E-state index in [0.717, 1.165) is 11.1 Å². The zero-order valence-electron chi connectivity index (χ0n) is 16.0. The van der Waals surface area contributed by atoms with E-state index in [1.54, 1.807) is 48.5 Å². The van der Waals surface area contributed by atoms with E-state index in [0.29, 0.717) is 35.9 Å². The minimum atomic E-state index is -2.85. The van der Waals surface area contributed by atoms with Crippen LogP contribution in [0, 0.1) is 0 Å². The highest BCUT2D eigenvalue weighted by atomic mass is 35.5. The van der Waals surface area contributed by atoms with Gasteiger partial charge in [-0.05, 0) is 53.9 Å². The van der Waals surface area contributed by atoms with Gasteiger partial charge in [0.05, 0.1) is 5.56 Å². The smallest absolute Gasteiger partial charge is 0.387 e. The second-order valence-corrected chi connectivity index (χ2v) is 6.88. The van der Waals surface area contributed by atoms with Crippen LogP contribution in [-0.4, -0.2) is 19.1 Å². The van der Waals surface area contributed by atoms with Crippen molar-refractivity contribution in [3.8, 4) is 11.5 Å². The predicted octanol–water partition coefficient (Wildman–Crippen LogP) is 5.49. The van der Waals surface area contributed by atoms with Crippen molar-refractivity contribution in [2.24, 2.45) is 0 Å². The monoisotopic (exact) mass is 431 g/mol. The molecule has 3 aromatic carbocycles. The molecule has 0 aliphatic rings. The Morgan fingerprint density at radius 1 is 0.933 bits per heavy atom. The molecule has 7 heteroatoms. The molecular formula is C23H20ClF2NO3. The highest BCUT2D eigenvalue weighted by Crippen LogP contribution is 2.20. The SMILES string of the molecule is O=C(NCCc1ccc(OC(F)F)cc1)c1ccccc1OCc1ccc(Cl)cc1. The van der Waals surface area contributed by atoms with Gasteiger partial charge in [0.15, 0.2) is 0 Å². The molecule has 1 N–H and O–H groups in total. The van der Waals surface area contributed by atoms with Crippen LogP contribution in [0.15, 0.2) is 72.8 Å². The number of rotatable bonds is 9. The van der Waals surface area contributed by atoms with Crippen LogP contribution in [0.5, 0.6) is 11.5 Å². The molecule has 3 rings (SSSR count). The van der Waals surface area contributed by atoms with Gasteiger partial charge in [-0.25, -0.2) is 0 Å². The van der Waals surface area contributed by atoms with Crippen molar-refractivity contribution in [1.29, 1.82) is 0 Å². The van der Waals surface area contributed by atoms with Crippen LogP contribution in [0.2, 0.25) is 5.02 Å². The van der Waals surface area contributed by atoms with E-state index < -0.39 is 6.61 Å². The molecule has 30 heavy (non-hydrogen) atoms. The third-order valence-electron chi connectivity index (χ3n) is 4.29. The van der Waals surface area contributed by atoms with E-state index in [4.69, 9.17) is 16.3 Å². The zero-order valence-corrected chi connectivity index (χ0v) is 16.7. The van der Waals surface area contributed by atoms with Gasteiger partial charge in [0.25, 0.3) is 5.91 Å². The van der Waals surface area contributed by atoms with Gasteiger partial charge in [-0.15, -0.1) is 0 Å². The Bertz CT molecular complexity index is 963. The normalized spacial score (nSPS) is 10.7. The molecule has 3 aromatic rings. The fraction of sp³-hybridized carbons (Fsp3) is 0.174. The van der Waals surface area contributed by atoms with Gasteiger partial charge in [-0.1, -0.05) is 48.0 Å². The molecular weight excluding hydrogens is 412 g/mol. The highest BCUT2D eigenvalue weighted by Gasteiger charge is 2.12. The molecule has 0 saturated heterocycles. The summed E-state index contributed by atoms with van der Waals surface area (Å²) in [5, 5.41) is 3.50. The van der Waals surface area contributed by atoms with E-state index in [1.165, 1.54) is 12.1 Å². The molecule has 0 aliphatic carbocycles. The second-order valence-electron chi connectivity index (χ2n) is 6.44. The first-order chi connectivity index (χ1) is 14.5. The van der Waals surface area contributed by atoms with Crippen molar-refractivity contribution in [1.82, 2.24) is 5.32 Å². The molecule has 0 spiro atoms. The number of carbonyl (C=O) groups is 1. The number of nitrogens with one attached hydrogen (secondary N) is 1. The molecule has 4 nitrogen and oxygen atoms in total. The third kappa shape index (κ3) is 6.46. The summed E-state index contributed by atoms with van der Waals surface area (Å²) < 4.78 is 34.5. The number of alkyl halides is 2. The molecule has 0 aliphatic heterocycles. The van der Waals surface area contributed by atoms with Crippen LogP contribution >= 0.6 is 11.6 Å². The van der Waals surface area contributed by atoms with E-state index in [-0.39, 0.29) is 11.7 Å². The molecule has 1 amide bonds. The summed E-state index contributed by atoms with van der Waals surface area (Å²) in [6, 6.07) is 20.6. The van der Waals surface area contributed by atoms with Crippen LogP contribution in [0.25, 0.3) is 0 Å². The van der Waals surface area contributed by atoms with Crippen LogP contribution in [-0.2, 0) is 13.0 Å². The number of amides is 1. The number of para-hydroxylation sites is 1. The fourth-order valence-electron chi connectivity index (χ4n) is 2.77. The maximum atomic E-state index is 12.6. The van der Waals surface area contributed by atoms with Crippen LogP contribution in [0.4, 0.5) is 8.78 Å². The van der Waals surface area contributed by atoms with Gasteiger partial charge < -0.3 is 14.8 Å². The summed E-state index contributed by atoms with van der Waals surface area (Å²) in [6.07, 6.45) is 0.550. The summed E-state index contributed by atoms with van der Waals surface area (Å²) in [5.41, 5.74) is 2.27. The maximum absolute atomic E-state index is 12.6. The van der Waals surface area contributed by atoms with Gasteiger partial charge in [0.1, 0.15) is 18.1 Å². The Morgan fingerprint density at radius 3 is 2.30 bits per heavy atom. The lowest BCUT2D eigenvalue weighted by molar-refractivity contribution is -0.0498. The van der Waals surface area contributed by atoms with Gasteiger partial charge in [0, 0.05) is 11.6 Å². The molecule has 156 valence electrons. The number of ether oxygens (including phenoxy) is 2. The van der Waals surface area contributed by atoms with E-state index >= 15 is 0 Å². The van der Waals surface area contributed by atoms with Crippen molar-refractivity contribution in [2.45, 2.75) is 19.6 Å². The summed E-state index contributed by atoms with van der Waals surface area (Å²) in [5.74, 6) is 0.336. The number of hydrogen-bond donors (Lipinski definition) is 1. The first-order valence-electron chi connectivity index (χ1n) is 9.29. The van der Waals surface area contributed by atoms with Gasteiger partial charge >= 0.3 is 6.61 Å². The lowest BCUT2D eigenvalue weighted by Crippen LogP contribution is -2.26. The molecule has 0 fully saturated rings. The summed E-state index contributed by atoms with van der Waals surface area (Å²) in [6.45, 7) is -2.15. The minimum absolute atomic E-state index is 0.101. The maximum Gasteiger partial charge on any atom is 0.387 e. The van der Waals surface area contributed by atoms with E-state index in [2.05, 4.69) is 10.1 Å². The average Bonchev–Trinajstić information content (AvgIpc) is 2.74. The quantitative estimate of drug-likeness (QED) is 0.487. The number of benzene rings is 3. The summed E-state index contributed by atoms with van der Waals surface area (Å²) >= 11 is 5.89. The van der Waals surface area contributed by atoms with Gasteiger partial charge in [-0.2, -0.15) is 8.78 Å². The molecule has 0 atom stereocenters. The first kappa shape index (κ1) is 21.6. The summed E-state index contributed by atoms with van der Waals surface area (Å²) in [4.78, 5) is 12.6. The third-order valence-corrected chi connectivity index (χ3v) is 4.54. The number of halogens is 3. The molecule has 0 unspecified atom stereocenters. The van der Waals surface area contributed by atoms with Crippen LogP contribution < -0.4 is 14.8 Å². The average molecular weight is 432 g/mol. The Kier molecular flexibility index (Phi) is 7.63. The van der Waals surface area contributed by atoms with Crippen molar-refractivity contribution < 1.29 is 23.0 Å². The molecule has 0 heterocycles. The minimum Gasteiger partial charge on any atom is -0.488 e. The summed E-state index contributed by atoms with van der Waals surface area (Å²) in [7, 11) is 0. The second kappa shape index (κ2) is 10.6. The number of hydrogen-bond acceptors (Lipinski definition) is 3. The topological polar surface area (TPSA) is 47.6 Å². The van der Waals surface area contributed by atoms with Crippen molar-refractivity contribution >= 4 is 17.5 Å². The van der Waals surface area contributed by atoms with Crippen molar-refractivity contribution in [3.05, 3.63) is 94.5 Å². The Hall–Kier alpha value is -3.12. The Balaban J connectivity index is 1.53. The van der Waals surface area contributed by atoms with E-state index in [1.807, 2.05) is 12.1 Å². The van der Waals surface area contributed by atoms with Gasteiger partial charge in [0.2, 0.25) is 0 Å². The van der Waals surface area contributed by atoms with Crippen molar-refractivity contribution in [3.63, 3.8) is 0 Å². The number of carbonyl (C=O) groups excluding carboxylic acids is 1. The largest absolute Gasteiger partial charge is 0.488 e. The van der Waals surface area contributed by atoms with Gasteiger partial charge in [-0.3, -0.25) is 4.79 Å². The molecule has 0 radical (unpaired) electrons. The van der Waals surface area contributed by atoms with Crippen LogP contribution in [0.1, 0.15) is 21.5 Å². The first-order valence-corrected chi connectivity index (χ1v) is 9.67. The van der Waals surface area contributed by atoms with Crippen LogP contribution in [0.3, 0.4) is 0 Å². The lowest BCUT2D eigenvalue weighted by atomic mass is 10.1. The molecule has 0 aromatic heterocycles. The fourth-order valence-corrected chi connectivity index (χ4v) is 2.90. The standard InChI is InChI=1S/C23H20ClF2NO3/c24-18-9-5-17(6-10-18)15-29-21-4-2-1-3-20(21)22(28)27-14-13-16-7-11-19(12-8-16)30-23(25)26/h1-12,23H,13-15H2,(H,27,28). The highest BCUT2D eigenvalue weighted by molar-refractivity contribution is 6.30. The Labute approximate surface area is 178 Å². The zero-order chi connectivity index (χ0) is 21.3. The lowest BCUT2D eigenvalue weighted by Gasteiger charge is -2.12. The molecule has 0 saturated carbocycles. The predicted molar refractivity (Wildman–Crippen MR) is 111 cm³/mol.